The smallest absolute Gasteiger partial charge is 0.144 e. The van der Waals surface area contributed by atoms with E-state index in [1.54, 1.807) is 12.1 Å². The van der Waals surface area contributed by atoms with Crippen LogP contribution in [0.1, 0.15) is 13.8 Å². The normalized spacial score (nSPS) is 19.1. The maximum absolute atomic E-state index is 9.51. The predicted octanol–water partition coefficient (Wildman–Crippen LogP) is 3.37. The Labute approximate surface area is 146 Å². The first kappa shape index (κ1) is 17.4. The van der Waals surface area contributed by atoms with Gasteiger partial charge in [-0.2, -0.15) is 10.4 Å². The number of rotatable bonds is 1. The van der Waals surface area contributed by atoms with Crippen molar-refractivity contribution in [3.05, 3.63) is 52.3 Å². The summed E-state index contributed by atoms with van der Waals surface area (Å²) in [4.78, 5) is 0. The summed E-state index contributed by atoms with van der Waals surface area (Å²) in [5, 5.41) is 16.1. The van der Waals surface area contributed by atoms with Crippen LogP contribution < -0.4 is 10.7 Å². The maximum atomic E-state index is 9.51. The highest BCUT2D eigenvalue weighted by molar-refractivity contribution is 6.30. The van der Waals surface area contributed by atoms with Crippen molar-refractivity contribution in [3.8, 4) is 6.07 Å². The number of nitriles is 1. The number of hydrazone groups is 1. The number of allylic oxidation sites excluding steroid dienone is 1. The average Bonchev–Trinajstić information content (AvgIpc) is 2.46. The molecule has 0 aromatic heterocycles. The second kappa shape index (κ2) is 6.25. The standard InChI is InChI=1S/C16H15ClN4O.ClH/c1-16(2)7-12-13(8-18)15(19)21(20-14(12)9-22-16)11-5-3-4-10(17)6-11;/h3-7H,9,19H2,1-2H3;1H. The molecule has 0 atom stereocenters. The molecule has 0 fully saturated rings. The molecule has 0 saturated carbocycles. The van der Waals surface area contributed by atoms with Crippen LogP contribution in [0, 0.1) is 11.3 Å². The zero-order valence-corrected chi connectivity index (χ0v) is 14.3. The molecular formula is C16H16Cl2N4O. The lowest BCUT2D eigenvalue weighted by Gasteiger charge is -2.34. The van der Waals surface area contributed by atoms with E-state index in [0.717, 1.165) is 5.57 Å². The number of hydrogen-bond donors (Lipinski definition) is 1. The summed E-state index contributed by atoms with van der Waals surface area (Å²) in [6, 6.07) is 9.34. The van der Waals surface area contributed by atoms with Gasteiger partial charge in [0.25, 0.3) is 0 Å². The molecule has 0 aliphatic carbocycles. The number of nitrogens with two attached hydrogens (primary N) is 1. The summed E-state index contributed by atoms with van der Waals surface area (Å²) in [6.07, 6.45) is 1.88. The third-order valence-corrected chi connectivity index (χ3v) is 3.76. The van der Waals surface area contributed by atoms with Crippen molar-refractivity contribution in [2.45, 2.75) is 19.4 Å². The van der Waals surface area contributed by atoms with Gasteiger partial charge in [0.15, 0.2) is 0 Å². The van der Waals surface area contributed by atoms with Crippen molar-refractivity contribution < 1.29 is 4.74 Å². The van der Waals surface area contributed by atoms with E-state index in [4.69, 9.17) is 22.1 Å². The number of anilines is 1. The fourth-order valence-electron chi connectivity index (χ4n) is 2.44. The Kier molecular flexibility index (Phi) is 4.71. The second-order valence-electron chi connectivity index (χ2n) is 5.66. The topological polar surface area (TPSA) is 74.6 Å². The van der Waals surface area contributed by atoms with Crippen LogP contribution in [0.3, 0.4) is 0 Å². The summed E-state index contributed by atoms with van der Waals surface area (Å²) >= 11 is 6.02. The minimum absolute atomic E-state index is 0. The van der Waals surface area contributed by atoms with Crippen molar-refractivity contribution in [2.24, 2.45) is 10.8 Å². The number of hydrogen-bond acceptors (Lipinski definition) is 5. The quantitative estimate of drug-likeness (QED) is 0.842. The van der Waals surface area contributed by atoms with Crippen LogP contribution in [-0.2, 0) is 4.74 Å². The van der Waals surface area contributed by atoms with E-state index >= 15 is 0 Å². The molecule has 7 heteroatoms. The number of halogens is 2. The van der Waals surface area contributed by atoms with Crippen LogP contribution in [0.15, 0.2) is 52.4 Å². The van der Waals surface area contributed by atoms with Gasteiger partial charge in [0.05, 0.1) is 23.6 Å². The van der Waals surface area contributed by atoms with Crippen LogP contribution >= 0.6 is 24.0 Å². The van der Waals surface area contributed by atoms with Crippen molar-refractivity contribution in [1.29, 1.82) is 5.26 Å². The first-order valence-electron chi connectivity index (χ1n) is 6.82. The Morgan fingerprint density at radius 2 is 2.17 bits per heavy atom. The second-order valence-corrected chi connectivity index (χ2v) is 6.10. The van der Waals surface area contributed by atoms with E-state index in [1.807, 2.05) is 32.1 Å². The van der Waals surface area contributed by atoms with Crippen LogP contribution in [-0.4, -0.2) is 17.9 Å². The highest BCUT2D eigenvalue weighted by Crippen LogP contribution is 2.33. The minimum Gasteiger partial charge on any atom is -0.383 e. The molecule has 0 bridgehead atoms. The first-order valence-corrected chi connectivity index (χ1v) is 7.20. The number of nitrogens with zero attached hydrogens (tertiary/aromatic N) is 3. The van der Waals surface area contributed by atoms with Gasteiger partial charge in [0.1, 0.15) is 17.5 Å². The molecule has 0 spiro atoms. The minimum atomic E-state index is -0.449. The highest BCUT2D eigenvalue weighted by Gasteiger charge is 2.33. The molecule has 3 rings (SSSR count). The van der Waals surface area contributed by atoms with Crippen molar-refractivity contribution in [3.63, 3.8) is 0 Å². The van der Waals surface area contributed by atoms with Gasteiger partial charge >= 0.3 is 0 Å². The molecule has 0 unspecified atom stereocenters. The third-order valence-electron chi connectivity index (χ3n) is 3.52. The summed E-state index contributed by atoms with van der Waals surface area (Å²) < 4.78 is 5.74. The molecule has 120 valence electrons. The molecular weight excluding hydrogens is 335 g/mol. The predicted molar refractivity (Wildman–Crippen MR) is 93.6 cm³/mol. The van der Waals surface area contributed by atoms with Gasteiger partial charge in [-0.3, -0.25) is 0 Å². The average molecular weight is 351 g/mol. The molecule has 2 aliphatic heterocycles. The van der Waals surface area contributed by atoms with Crippen LogP contribution in [0.5, 0.6) is 0 Å². The lowest BCUT2D eigenvalue weighted by atomic mass is 9.92. The number of ether oxygens (including phenoxy) is 1. The van der Waals surface area contributed by atoms with E-state index in [1.165, 1.54) is 5.01 Å². The largest absolute Gasteiger partial charge is 0.383 e. The van der Waals surface area contributed by atoms with E-state index < -0.39 is 5.60 Å². The lowest BCUT2D eigenvalue weighted by molar-refractivity contribution is 0.0409. The Bertz CT molecular complexity index is 775. The summed E-state index contributed by atoms with van der Waals surface area (Å²) in [5.41, 5.74) is 8.25. The van der Waals surface area contributed by atoms with E-state index in [2.05, 4.69) is 11.2 Å². The Balaban J connectivity index is 0.00000192. The van der Waals surface area contributed by atoms with Gasteiger partial charge in [-0.05, 0) is 38.1 Å². The molecule has 2 aliphatic rings. The zero-order chi connectivity index (χ0) is 15.9. The Hall–Kier alpha value is -2.00. The Morgan fingerprint density at radius 1 is 1.43 bits per heavy atom. The van der Waals surface area contributed by atoms with Crippen LogP contribution in [0.2, 0.25) is 5.02 Å². The Morgan fingerprint density at radius 3 is 2.83 bits per heavy atom. The van der Waals surface area contributed by atoms with Gasteiger partial charge in [-0.1, -0.05) is 17.7 Å². The van der Waals surface area contributed by atoms with Crippen LogP contribution in [0.4, 0.5) is 5.69 Å². The maximum Gasteiger partial charge on any atom is 0.144 e. The molecule has 23 heavy (non-hydrogen) atoms. The molecule has 1 aromatic rings. The summed E-state index contributed by atoms with van der Waals surface area (Å²) in [5.74, 6) is 0.289. The highest BCUT2D eigenvalue weighted by atomic mass is 35.5. The number of benzene rings is 1. The fourth-order valence-corrected chi connectivity index (χ4v) is 2.63. The molecule has 0 amide bonds. The van der Waals surface area contributed by atoms with Crippen molar-refractivity contribution >= 4 is 35.4 Å². The van der Waals surface area contributed by atoms with Gasteiger partial charge in [-0.25, -0.2) is 5.01 Å². The zero-order valence-electron chi connectivity index (χ0n) is 12.7. The fraction of sp³-hybridized carbons (Fsp3) is 0.250. The SMILES string of the molecule is CC1(C)C=C2C(=NN(c3cccc(Cl)c3)C(N)=C2C#N)CO1.Cl. The molecule has 2 heterocycles. The summed E-state index contributed by atoms with van der Waals surface area (Å²) in [7, 11) is 0. The van der Waals surface area contributed by atoms with Gasteiger partial charge in [0, 0.05) is 10.6 Å². The number of fused-ring (bicyclic) bond motifs is 1. The van der Waals surface area contributed by atoms with Crippen molar-refractivity contribution in [1.82, 2.24) is 0 Å². The van der Waals surface area contributed by atoms with Crippen molar-refractivity contribution in [2.75, 3.05) is 11.6 Å². The van der Waals surface area contributed by atoms with Gasteiger partial charge in [-0.15, -0.1) is 12.4 Å². The third kappa shape index (κ3) is 3.20. The van der Waals surface area contributed by atoms with Gasteiger partial charge in [0.2, 0.25) is 0 Å². The van der Waals surface area contributed by atoms with Crippen LogP contribution in [0.25, 0.3) is 0 Å². The molecule has 5 nitrogen and oxygen atoms in total. The first-order chi connectivity index (χ1) is 10.4. The van der Waals surface area contributed by atoms with E-state index in [0.29, 0.717) is 28.6 Å². The molecule has 2 N–H and O–H groups in total. The molecule has 0 radical (unpaired) electrons. The lowest BCUT2D eigenvalue weighted by Crippen LogP contribution is -2.39. The monoisotopic (exact) mass is 350 g/mol. The van der Waals surface area contributed by atoms with E-state index in [9.17, 15) is 5.26 Å². The van der Waals surface area contributed by atoms with E-state index in [-0.39, 0.29) is 18.2 Å². The molecule has 0 saturated heterocycles. The summed E-state index contributed by atoms with van der Waals surface area (Å²) in [6.45, 7) is 4.20. The van der Waals surface area contributed by atoms with Gasteiger partial charge < -0.3 is 10.5 Å². The molecule has 1 aromatic carbocycles.